The minimum atomic E-state index is -2.66. The number of aliphatic imine (C=N–C) groups is 1. The molecule has 0 aliphatic carbocycles. The zero-order valence-electron chi connectivity index (χ0n) is 15.6. The van der Waals surface area contributed by atoms with Crippen molar-refractivity contribution in [2.75, 3.05) is 0 Å². The van der Waals surface area contributed by atoms with Gasteiger partial charge in [0.1, 0.15) is 0 Å². The van der Waals surface area contributed by atoms with E-state index < -0.39 is 7.40 Å². The number of allylic oxidation sites excluding steroid dienone is 2. The summed E-state index contributed by atoms with van der Waals surface area (Å²) in [5, 5.41) is 0. The number of halogens is 2. The highest BCUT2D eigenvalue weighted by atomic mass is 19.2. The van der Waals surface area contributed by atoms with Crippen molar-refractivity contribution in [1.82, 2.24) is 19.3 Å². The number of nitrogens with zero attached hydrogens (tertiary/aromatic N) is 5. The van der Waals surface area contributed by atoms with Crippen molar-refractivity contribution in [3.8, 4) is 0 Å². The van der Waals surface area contributed by atoms with Crippen LogP contribution in [0.4, 0.5) is 8.63 Å². The van der Waals surface area contributed by atoms with Gasteiger partial charge in [-0.15, -0.1) is 0 Å². The van der Waals surface area contributed by atoms with Gasteiger partial charge in [-0.3, -0.25) is 23.6 Å². The van der Waals surface area contributed by atoms with Crippen LogP contribution in [0.15, 0.2) is 90.0 Å². The van der Waals surface area contributed by atoms with Crippen molar-refractivity contribution in [3.63, 3.8) is 0 Å². The first-order valence-electron chi connectivity index (χ1n) is 9.17. The quantitative estimate of drug-likeness (QED) is 0.573. The number of pyridine rings is 2. The molecule has 4 rings (SSSR count). The van der Waals surface area contributed by atoms with Gasteiger partial charge in [0.2, 0.25) is 0 Å². The Morgan fingerprint density at radius 2 is 1.62 bits per heavy atom. The van der Waals surface area contributed by atoms with Crippen molar-refractivity contribution in [2.45, 2.75) is 13.1 Å². The van der Waals surface area contributed by atoms with Gasteiger partial charge in [-0.1, -0.05) is 12.1 Å². The Labute approximate surface area is 168 Å². The molecule has 0 amide bonds. The second-order valence-electron chi connectivity index (χ2n) is 6.45. The molecule has 0 fully saturated rings. The van der Waals surface area contributed by atoms with Gasteiger partial charge in [0.05, 0.1) is 41.6 Å². The Balaban J connectivity index is 1.82. The molecule has 0 atom stereocenters. The largest absolute Gasteiger partial charge is 0.677 e. The van der Waals surface area contributed by atoms with Crippen LogP contribution in [0.25, 0.3) is 5.70 Å². The van der Waals surface area contributed by atoms with Crippen molar-refractivity contribution in [1.29, 1.82) is 0 Å². The molecule has 0 unspecified atom stereocenters. The summed E-state index contributed by atoms with van der Waals surface area (Å²) in [4.78, 5) is 15.2. The van der Waals surface area contributed by atoms with E-state index >= 15 is 0 Å². The van der Waals surface area contributed by atoms with Crippen LogP contribution in [0.5, 0.6) is 0 Å². The average molecular weight is 389 g/mol. The minimum absolute atomic E-state index is 0.394. The van der Waals surface area contributed by atoms with Gasteiger partial charge < -0.3 is 9.38 Å². The maximum Gasteiger partial charge on any atom is 0.677 e. The third-order valence-electron chi connectivity index (χ3n) is 4.50. The Bertz CT molecular complexity index is 990. The van der Waals surface area contributed by atoms with E-state index in [1.54, 1.807) is 36.8 Å². The fraction of sp³-hybridized carbons (Fsp3) is 0.0952. The van der Waals surface area contributed by atoms with Crippen molar-refractivity contribution in [3.05, 3.63) is 102 Å². The van der Waals surface area contributed by atoms with Crippen molar-refractivity contribution in [2.24, 2.45) is 4.99 Å². The van der Waals surface area contributed by atoms with Crippen molar-refractivity contribution < 1.29 is 8.63 Å². The summed E-state index contributed by atoms with van der Waals surface area (Å²) in [6, 6.07) is 14.6. The topological polar surface area (TPSA) is 46.3 Å². The molecule has 1 aliphatic rings. The number of aromatic nitrogens is 3. The van der Waals surface area contributed by atoms with E-state index in [2.05, 4.69) is 15.0 Å². The molecule has 0 saturated carbocycles. The standard InChI is InChI=1S/C21H18BF2N5/c23-22(24)29-14-6-10-20(29)21(19-9-5-13-27-19)28(15-17-7-1-3-11-25-17)16-18-8-2-4-12-26-18/h1-14H,15-16H2/b21-19-. The third-order valence-corrected chi connectivity index (χ3v) is 4.50. The van der Waals surface area contributed by atoms with Gasteiger partial charge >= 0.3 is 7.40 Å². The summed E-state index contributed by atoms with van der Waals surface area (Å²) < 4.78 is 28.3. The van der Waals surface area contributed by atoms with Crippen LogP contribution in [0, 0.1) is 0 Å². The predicted octanol–water partition coefficient (Wildman–Crippen LogP) is 4.06. The molecule has 0 spiro atoms. The Hall–Kier alpha value is -3.55. The highest BCUT2D eigenvalue weighted by Crippen LogP contribution is 2.30. The number of rotatable bonds is 7. The Morgan fingerprint density at radius 1 is 0.931 bits per heavy atom. The molecular formula is C21H18BF2N5. The molecule has 0 saturated heterocycles. The molecule has 144 valence electrons. The molecule has 5 nitrogen and oxygen atoms in total. The van der Waals surface area contributed by atoms with Gasteiger partial charge in [0.15, 0.2) is 0 Å². The molecule has 4 heterocycles. The molecule has 8 heteroatoms. The fourth-order valence-electron chi connectivity index (χ4n) is 3.25. The van der Waals surface area contributed by atoms with Crippen LogP contribution >= 0.6 is 0 Å². The normalized spacial score (nSPS) is 14.3. The first-order valence-corrected chi connectivity index (χ1v) is 9.17. The predicted molar refractivity (Wildman–Crippen MR) is 110 cm³/mol. The monoisotopic (exact) mass is 389 g/mol. The van der Waals surface area contributed by atoms with Crippen LogP contribution in [-0.2, 0) is 13.1 Å². The van der Waals surface area contributed by atoms with Gasteiger partial charge in [-0.05, 0) is 54.7 Å². The van der Waals surface area contributed by atoms with E-state index in [1.165, 1.54) is 6.20 Å². The first kappa shape index (κ1) is 18.8. The fourth-order valence-corrected chi connectivity index (χ4v) is 3.25. The van der Waals surface area contributed by atoms with Gasteiger partial charge in [-0.25, -0.2) is 0 Å². The SMILES string of the molecule is FB(F)n1cccc1/C(=C1\C=CC=N1)N(Cc1ccccn1)Cc1ccccn1. The smallest absolute Gasteiger partial charge is 0.356 e. The molecule has 3 aromatic rings. The number of hydrogen-bond donors (Lipinski definition) is 0. The van der Waals surface area contributed by atoms with Crippen molar-refractivity contribution >= 4 is 19.3 Å². The highest BCUT2D eigenvalue weighted by molar-refractivity contribution is 6.41. The minimum Gasteiger partial charge on any atom is -0.356 e. The van der Waals surface area contributed by atoms with Crippen LogP contribution in [0.1, 0.15) is 17.1 Å². The highest BCUT2D eigenvalue weighted by Gasteiger charge is 2.26. The van der Waals surface area contributed by atoms with Crippen LogP contribution < -0.4 is 0 Å². The molecule has 0 bridgehead atoms. The van der Waals surface area contributed by atoms with Gasteiger partial charge in [-0.2, -0.15) is 0 Å². The van der Waals surface area contributed by atoms with Crippen LogP contribution in [-0.4, -0.2) is 33.0 Å². The van der Waals surface area contributed by atoms with Crippen LogP contribution in [0.2, 0.25) is 0 Å². The Morgan fingerprint density at radius 3 is 2.14 bits per heavy atom. The lowest BCUT2D eigenvalue weighted by molar-refractivity contribution is 0.370. The number of hydrogen-bond acceptors (Lipinski definition) is 4. The molecule has 1 aliphatic heterocycles. The molecular weight excluding hydrogens is 371 g/mol. The third kappa shape index (κ3) is 4.32. The van der Waals surface area contributed by atoms with E-state index in [4.69, 9.17) is 0 Å². The summed E-state index contributed by atoms with van der Waals surface area (Å²) in [6.45, 7) is 0.849. The summed E-state index contributed by atoms with van der Waals surface area (Å²) in [5.41, 5.74) is 3.27. The molecule has 29 heavy (non-hydrogen) atoms. The second-order valence-corrected chi connectivity index (χ2v) is 6.45. The Kier molecular flexibility index (Phi) is 5.60. The lowest BCUT2D eigenvalue weighted by atomic mass is 10.1. The van der Waals surface area contributed by atoms with E-state index in [-0.39, 0.29) is 0 Å². The maximum atomic E-state index is 13.7. The molecule has 0 radical (unpaired) electrons. The summed E-state index contributed by atoms with van der Waals surface area (Å²) >= 11 is 0. The van der Waals surface area contributed by atoms with E-state index in [1.807, 2.05) is 47.4 Å². The first-order chi connectivity index (χ1) is 14.2. The lowest BCUT2D eigenvalue weighted by Gasteiger charge is -2.28. The average Bonchev–Trinajstić information content (AvgIpc) is 3.43. The van der Waals surface area contributed by atoms with Gasteiger partial charge in [0, 0.05) is 18.6 Å². The summed E-state index contributed by atoms with van der Waals surface area (Å²) in [6.07, 6.45) is 10.1. The van der Waals surface area contributed by atoms with E-state index in [9.17, 15) is 8.63 Å². The van der Waals surface area contributed by atoms with Gasteiger partial charge in [0.25, 0.3) is 0 Å². The summed E-state index contributed by atoms with van der Waals surface area (Å²) in [5.74, 6) is 0. The zero-order valence-corrected chi connectivity index (χ0v) is 15.6. The second kappa shape index (κ2) is 8.64. The molecule has 3 aromatic heterocycles. The zero-order chi connectivity index (χ0) is 20.1. The van der Waals surface area contributed by atoms with Crippen LogP contribution in [0.3, 0.4) is 0 Å². The molecule has 0 aromatic carbocycles. The van der Waals surface area contributed by atoms with E-state index in [0.29, 0.717) is 30.2 Å². The van der Waals surface area contributed by atoms with E-state index in [0.717, 1.165) is 15.9 Å². The lowest BCUT2D eigenvalue weighted by Crippen LogP contribution is -2.26. The summed E-state index contributed by atoms with van der Waals surface area (Å²) in [7, 11) is -2.66. The molecule has 0 N–H and O–H groups in total. The maximum absolute atomic E-state index is 13.7.